The van der Waals surface area contributed by atoms with Crippen molar-refractivity contribution in [1.82, 2.24) is 15.1 Å². The van der Waals surface area contributed by atoms with Crippen LogP contribution in [0.15, 0.2) is 53.6 Å². The lowest BCUT2D eigenvalue weighted by Gasteiger charge is -2.33. The Hall–Kier alpha value is -2.86. The fourth-order valence-electron chi connectivity index (χ4n) is 4.28. The lowest BCUT2D eigenvalue weighted by Crippen LogP contribution is -2.47. The fourth-order valence-corrected chi connectivity index (χ4v) is 4.98. The lowest BCUT2D eigenvalue weighted by atomic mass is 9.90. The van der Waals surface area contributed by atoms with E-state index in [1.807, 2.05) is 17.9 Å². The Morgan fingerprint density at radius 1 is 1.20 bits per heavy atom. The van der Waals surface area contributed by atoms with Gasteiger partial charge in [0.05, 0.1) is 23.9 Å². The van der Waals surface area contributed by atoms with Crippen LogP contribution < -0.4 is 5.32 Å². The van der Waals surface area contributed by atoms with E-state index >= 15 is 0 Å². The van der Waals surface area contributed by atoms with Gasteiger partial charge in [-0.1, -0.05) is 24.3 Å². The van der Waals surface area contributed by atoms with Gasteiger partial charge in [-0.05, 0) is 60.9 Å². The minimum Gasteiger partial charge on any atom is -0.333 e. The number of carbonyl (C=O) groups excluding carboxylic acids is 2. The zero-order valence-electron chi connectivity index (χ0n) is 17.7. The molecule has 1 N–H and O–H groups in total. The first-order valence-electron chi connectivity index (χ1n) is 10.2. The van der Waals surface area contributed by atoms with Gasteiger partial charge in [0.2, 0.25) is 0 Å². The standard InChI is InChI=1S/C24H27N3O2S/c1-5-9-27-20-14-26(10-8-18-7-6-11-30-18)23(28)21(20)22(25-24(27)29)19-13-16(3)15(2)12-17(19)4/h5-7,11-13,22H,1,8-10,14H2,2-4H3,(H,25,29). The second-order valence-corrected chi connectivity index (χ2v) is 9.02. The topological polar surface area (TPSA) is 52.7 Å². The molecule has 3 heterocycles. The summed E-state index contributed by atoms with van der Waals surface area (Å²) in [5, 5.41) is 5.14. The molecule has 0 aliphatic carbocycles. The molecular formula is C24H27N3O2S. The number of aryl methyl sites for hydroxylation is 3. The number of thiophene rings is 1. The van der Waals surface area contributed by atoms with Crippen molar-refractivity contribution in [1.29, 1.82) is 0 Å². The summed E-state index contributed by atoms with van der Waals surface area (Å²) in [5.74, 6) is 0.0123. The number of benzene rings is 1. The van der Waals surface area contributed by atoms with E-state index in [9.17, 15) is 9.59 Å². The quantitative estimate of drug-likeness (QED) is 0.709. The van der Waals surface area contributed by atoms with Crippen molar-refractivity contribution in [3.05, 3.63) is 80.7 Å². The van der Waals surface area contributed by atoms with Gasteiger partial charge >= 0.3 is 6.03 Å². The number of rotatable bonds is 6. The van der Waals surface area contributed by atoms with E-state index in [1.54, 1.807) is 22.3 Å². The smallest absolute Gasteiger partial charge is 0.322 e. The van der Waals surface area contributed by atoms with Crippen LogP contribution in [0.1, 0.15) is 33.2 Å². The van der Waals surface area contributed by atoms with Crippen molar-refractivity contribution < 1.29 is 9.59 Å². The second-order valence-electron chi connectivity index (χ2n) is 7.99. The molecule has 2 aliphatic rings. The van der Waals surface area contributed by atoms with Gasteiger partial charge in [-0.2, -0.15) is 0 Å². The maximum Gasteiger partial charge on any atom is 0.322 e. The van der Waals surface area contributed by atoms with Crippen molar-refractivity contribution >= 4 is 23.3 Å². The Morgan fingerprint density at radius 3 is 2.67 bits per heavy atom. The number of hydrogen-bond donors (Lipinski definition) is 1. The predicted molar refractivity (Wildman–Crippen MR) is 120 cm³/mol. The molecule has 3 amide bonds. The SMILES string of the molecule is C=CCN1C(=O)NC(c2cc(C)c(C)cc2C)C2=C1CN(CCc1cccs1)C2=O. The minimum absolute atomic E-state index is 0.0123. The third-order valence-electron chi connectivity index (χ3n) is 6.01. The highest BCUT2D eigenvalue weighted by atomic mass is 32.1. The van der Waals surface area contributed by atoms with Crippen molar-refractivity contribution in [3.8, 4) is 0 Å². The molecular weight excluding hydrogens is 394 g/mol. The molecule has 5 nitrogen and oxygen atoms in total. The maximum absolute atomic E-state index is 13.5. The third kappa shape index (κ3) is 3.56. The molecule has 0 spiro atoms. The molecule has 156 valence electrons. The van der Waals surface area contributed by atoms with E-state index in [-0.39, 0.29) is 11.9 Å². The average molecular weight is 422 g/mol. The van der Waals surface area contributed by atoms with E-state index < -0.39 is 6.04 Å². The number of urea groups is 1. The summed E-state index contributed by atoms with van der Waals surface area (Å²) >= 11 is 1.70. The molecule has 1 aromatic heterocycles. The van der Waals surface area contributed by atoms with Crippen molar-refractivity contribution in [3.63, 3.8) is 0 Å². The minimum atomic E-state index is -0.424. The van der Waals surface area contributed by atoms with Gasteiger partial charge in [-0.25, -0.2) is 4.79 Å². The van der Waals surface area contributed by atoms with Crippen LogP contribution in [0.3, 0.4) is 0 Å². The molecule has 4 rings (SSSR count). The molecule has 0 radical (unpaired) electrons. The van der Waals surface area contributed by atoms with Gasteiger partial charge in [0.1, 0.15) is 0 Å². The first-order chi connectivity index (χ1) is 14.4. The monoisotopic (exact) mass is 421 g/mol. The highest BCUT2D eigenvalue weighted by Gasteiger charge is 2.43. The highest BCUT2D eigenvalue weighted by molar-refractivity contribution is 7.09. The Morgan fingerprint density at radius 2 is 1.97 bits per heavy atom. The van der Waals surface area contributed by atoms with Crippen molar-refractivity contribution in [2.45, 2.75) is 33.2 Å². The largest absolute Gasteiger partial charge is 0.333 e. The molecule has 1 unspecified atom stereocenters. The van der Waals surface area contributed by atoms with E-state index in [4.69, 9.17) is 0 Å². The van der Waals surface area contributed by atoms with E-state index in [2.05, 4.69) is 49.3 Å². The fraction of sp³-hybridized carbons (Fsp3) is 0.333. The van der Waals surface area contributed by atoms with Crippen LogP contribution in [-0.2, 0) is 11.2 Å². The molecule has 0 saturated heterocycles. The predicted octanol–water partition coefficient (Wildman–Crippen LogP) is 4.26. The normalized spacial score (nSPS) is 18.7. The molecule has 2 aromatic rings. The van der Waals surface area contributed by atoms with Crippen LogP contribution in [0, 0.1) is 20.8 Å². The number of nitrogens with one attached hydrogen (secondary N) is 1. The summed E-state index contributed by atoms with van der Waals surface area (Å²) in [6.07, 6.45) is 2.52. The molecule has 6 heteroatoms. The molecule has 30 heavy (non-hydrogen) atoms. The van der Waals surface area contributed by atoms with E-state index in [0.29, 0.717) is 25.2 Å². The van der Waals surface area contributed by atoms with Crippen LogP contribution >= 0.6 is 11.3 Å². The molecule has 1 atom stereocenters. The average Bonchev–Trinajstić information content (AvgIpc) is 3.33. The molecule has 0 saturated carbocycles. The van der Waals surface area contributed by atoms with E-state index in [0.717, 1.165) is 28.8 Å². The summed E-state index contributed by atoms with van der Waals surface area (Å²) in [6, 6.07) is 7.75. The van der Waals surface area contributed by atoms with Crippen molar-refractivity contribution in [2.24, 2.45) is 0 Å². The number of hydrogen-bond acceptors (Lipinski definition) is 3. The summed E-state index contributed by atoms with van der Waals surface area (Å²) in [7, 11) is 0. The van der Waals surface area contributed by atoms with Crippen molar-refractivity contribution in [2.75, 3.05) is 19.6 Å². The maximum atomic E-state index is 13.5. The van der Waals surface area contributed by atoms with Gasteiger partial charge in [0, 0.05) is 18.0 Å². The van der Waals surface area contributed by atoms with Crippen LogP contribution in [0.25, 0.3) is 0 Å². The highest BCUT2D eigenvalue weighted by Crippen LogP contribution is 2.38. The zero-order chi connectivity index (χ0) is 21.4. The van der Waals surface area contributed by atoms with Gasteiger partial charge in [0.15, 0.2) is 0 Å². The number of carbonyl (C=O) groups is 2. The van der Waals surface area contributed by atoms with Gasteiger partial charge in [0.25, 0.3) is 5.91 Å². The third-order valence-corrected chi connectivity index (χ3v) is 6.95. The Kier molecular flexibility index (Phi) is 5.52. The summed E-state index contributed by atoms with van der Waals surface area (Å²) in [4.78, 5) is 31.2. The molecule has 0 fully saturated rings. The first-order valence-corrected chi connectivity index (χ1v) is 11.1. The second kappa shape index (κ2) is 8.11. The zero-order valence-corrected chi connectivity index (χ0v) is 18.5. The van der Waals surface area contributed by atoms with Gasteiger partial charge in [-0.3, -0.25) is 9.69 Å². The van der Waals surface area contributed by atoms with Crippen LogP contribution in [0.5, 0.6) is 0 Å². The van der Waals surface area contributed by atoms with Crippen LogP contribution in [0.2, 0.25) is 0 Å². The Labute approximate surface area is 181 Å². The first kappa shape index (κ1) is 20.4. The molecule has 2 aliphatic heterocycles. The summed E-state index contributed by atoms with van der Waals surface area (Å²) in [5.41, 5.74) is 5.92. The van der Waals surface area contributed by atoms with Crippen LogP contribution in [0.4, 0.5) is 4.79 Å². The molecule has 1 aromatic carbocycles. The Balaban J connectivity index is 1.70. The summed E-state index contributed by atoms with van der Waals surface area (Å²) < 4.78 is 0. The van der Waals surface area contributed by atoms with E-state index in [1.165, 1.54) is 10.4 Å². The van der Waals surface area contributed by atoms with Gasteiger partial charge in [-0.15, -0.1) is 17.9 Å². The lowest BCUT2D eigenvalue weighted by molar-refractivity contribution is -0.125. The Bertz CT molecular complexity index is 1040. The summed E-state index contributed by atoms with van der Waals surface area (Å²) in [6.45, 7) is 11.4. The number of amides is 3. The van der Waals surface area contributed by atoms with Crippen LogP contribution in [-0.4, -0.2) is 41.4 Å². The molecule has 0 bridgehead atoms. The van der Waals surface area contributed by atoms with Gasteiger partial charge < -0.3 is 10.2 Å². The number of nitrogens with zero attached hydrogens (tertiary/aromatic N) is 2.